The van der Waals surface area contributed by atoms with E-state index in [0.29, 0.717) is 11.5 Å². The molecule has 1 atom stereocenters. The van der Waals surface area contributed by atoms with Gasteiger partial charge in [0.05, 0.1) is 31.8 Å². The Morgan fingerprint density at radius 2 is 1.61 bits per heavy atom. The van der Waals surface area contributed by atoms with Crippen LogP contribution < -0.4 is 5.32 Å². The van der Waals surface area contributed by atoms with Crippen LogP contribution >= 0.6 is 0 Å². The molecule has 0 spiro atoms. The molecule has 0 radical (unpaired) electrons. The molecule has 0 bridgehead atoms. The topological polar surface area (TPSA) is 94.2 Å². The van der Waals surface area contributed by atoms with Crippen LogP contribution in [0.3, 0.4) is 0 Å². The van der Waals surface area contributed by atoms with Crippen molar-refractivity contribution in [2.45, 2.75) is 98.3 Å². The molecule has 8 nitrogen and oxygen atoms in total. The van der Waals surface area contributed by atoms with Crippen molar-refractivity contribution in [2.24, 2.45) is 11.8 Å². The van der Waals surface area contributed by atoms with Gasteiger partial charge < -0.3 is 24.4 Å². The predicted molar refractivity (Wildman–Crippen MR) is 160 cm³/mol. The van der Waals surface area contributed by atoms with Crippen LogP contribution in [-0.2, 0) is 23.8 Å². The number of carbonyl (C=O) groups is 3. The second-order valence-corrected chi connectivity index (χ2v) is 12.6. The molecular formula is C33H48N2O6. The minimum atomic E-state index is -0.641. The molecule has 1 aliphatic carbocycles. The first-order chi connectivity index (χ1) is 19.3. The van der Waals surface area contributed by atoms with Crippen LogP contribution in [0.1, 0.15) is 84.8 Å². The minimum absolute atomic E-state index is 0.110. The van der Waals surface area contributed by atoms with Gasteiger partial charge in [0.2, 0.25) is 0 Å². The first-order valence-corrected chi connectivity index (χ1v) is 14.7. The zero-order chi connectivity index (χ0) is 30.5. The van der Waals surface area contributed by atoms with Crippen LogP contribution in [-0.4, -0.2) is 61.4 Å². The number of carbonyl (C=O) groups excluding carboxylic acids is 3. The van der Waals surface area contributed by atoms with E-state index in [1.165, 1.54) is 14.2 Å². The number of ether oxygens (including phenoxy) is 3. The molecule has 8 heteroatoms. The first-order valence-electron chi connectivity index (χ1n) is 14.7. The summed E-state index contributed by atoms with van der Waals surface area (Å²) in [6.07, 6.45) is 3.29. The van der Waals surface area contributed by atoms with Crippen molar-refractivity contribution in [3.8, 4) is 0 Å². The molecule has 0 aromatic heterocycles. The van der Waals surface area contributed by atoms with E-state index in [-0.39, 0.29) is 36.5 Å². The molecule has 1 saturated carbocycles. The lowest BCUT2D eigenvalue weighted by Crippen LogP contribution is -2.49. The number of nitrogens with one attached hydrogen (secondary N) is 1. The van der Waals surface area contributed by atoms with Crippen molar-refractivity contribution in [1.29, 1.82) is 0 Å². The largest absolute Gasteiger partial charge is 0.469 e. The number of esters is 2. The average Bonchev–Trinajstić information content (AvgIpc) is 2.91. The summed E-state index contributed by atoms with van der Waals surface area (Å²) in [7, 11) is 2.85. The Hall–Kier alpha value is -3.29. The van der Waals surface area contributed by atoms with Gasteiger partial charge in [-0.05, 0) is 83.8 Å². The minimum Gasteiger partial charge on any atom is -0.469 e. The van der Waals surface area contributed by atoms with Crippen LogP contribution in [0.2, 0.25) is 0 Å². The van der Waals surface area contributed by atoms with Crippen molar-refractivity contribution < 1.29 is 28.6 Å². The highest BCUT2D eigenvalue weighted by Gasteiger charge is 2.41. The Kier molecular flexibility index (Phi) is 10.7. The maximum atomic E-state index is 13.5. The fourth-order valence-electron chi connectivity index (χ4n) is 6.05. The molecule has 41 heavy (non-hydrogen) atoms. The third-order valence-corrected chi connectivity index (χ3v) is 7.85. The molecule has 1 heterocycles. The summed E-state index contributed by atoms with van der Waals surface area (Å²) in [5, 5.41) is 2.98. The molecule has 0 saturated heterocycles. The van der Waals surface area contributed by atoms with Gasteiger partial charge in [-0.25, -0.2) is 9.59 Å². The number of hydrogen-bond donors (Lipinski definition) is 1. The summed E-state index contributed by atoms with van der Waals surface area (Å²) in [5.74, 6) is -0.339. The quantitative estimate of drug-likeness (QED) is 0.296. The van der Waals surface area contributed by atoms with E-state index in [1.54, 1.807) is 0 Å². The fraction of sp³-hybridized carbons (Fsp3) is 0.606. The highest BCUT2D eigenvalue weighted by molar-refractivity contribution is 6.04. The molecule has 3 rings (SSSR count). The lowest BCUT2D eigenvalue weighted by atomic mass is 9.78. The molecule has 1 amide bonds. The van der Waals surface area contributed by atoms with Gasteiger partial charge in [0.1, 0.15) is 5.60 Å². The maximum Gasteiger partial charge on any atom is 0.407 e. The summed E-state index contributed by atoms with van der Waals surface area (Å²) < 4.78 is 16.0. The van der Waals surface area contributed by atoms with Gasteiger partial charge in [-0.15, -0.1) is 0 Å². The van der Waals surface area contributed by atoms with Gasteiger partial charge in [-0.1, -0.05) is 43.7 Å². The van der Waals surface area contributed by atoms with E-state index in [0.717, 1.165) is 60.1 Å². The Morgan fingerprint density at radius 3 is 2.12 bits per heavy atom. The standard InChI is InChI=1S/C33H48N2O6/c1-20(2)18-27-26(19-34-32(38)41-33(5,6)7)29(23-12-10-21(3)11-13-23)28(31(37)40-9)22(4)35(27)25-16-14-24(15-17-25)30(36)39-8/h10-13,20,22,24-25H,14-19H2,1-9H3,(H,34,38). The Labute approximate surface area is 245 Å². The SMILES string of the molecule is COC(=O)C1=C(c2ccc(C)cc2)C(CNC(=O)OC(C)(C)C)=C(CC(C)C)N(C2CCC(C(=O)OC)CC2)C1C. The van der Waals surface area contributed by atoms with Gasteiger partial charge in [-0.3, -0.25) is 4.79 Å². The number of aryl methyl sites for hydroxylation is 1. The van der Waals surface area contributed by atoms with E-state index in [4.69, 9.17) is 14.2 Å². The smallest absolute Gasteiger partial charge is 0.407 e. The van der Waals surface area contributed by atoms with E-state index < -0.39 is 11.7 Å². The van der Waals surface area contributed by atoms with E-state index in [9.17, 15) is 14.4 Å². The Bertz CT molecular complexity index is 1170. The normalized spacial score (nSPS) is 21.6. The van der Waals surface area contributed by atoms with Crippen LogP contribution in [0.4, 0.5) is 4.79 Å². The van der Waals surface area contributed by atoms with E-state index >= 15 is 0 Å². The number of allylic oxidation sites excluding steroid dienone is 1. The van der Waals surface area contributed by atoms with Crippen LogP contribution in [0.15, 0.2) is 41.1 Å². The lowest BCUT2D eigenvalue weighted by molar-refractivity contribution is -0.146. The molecule has 2 aliphatic rings. The first kappa shape index (κ1) is 32.2. The maximum absolute atomic E-state index is 13.5. The summed E-state index contributed by atoms with van der Waals surface area (Å²) >= 11 is 0. The van der Waals surface area contributed by atoms with Gasteiger partial charge in [-0.2, -0.15) is 0 Å². The van der Waals surface area contributed by atoms with Crippen molar-refractivity contribution in [3.05, 3.63) is 52.2 Å². The van der Waals surface area contributed by atoms with Crippen LogP contribution in [0.25, 0.3) is 5.57 Å². The number of nitrogens with zero attached hydrogens (tertiary/aromatic N) is 1. The number of rotatable bonds is 8. The highest BCUT2D eigenvalue weighted by atomic mass is 16.6. The van der Waals surface area contributed by atoms with Crippen molar-refractivity contribution >= 4 is 23.6 Å². The summed E-state index contributed by atoms with van der Waals surface area (Å²) in [4.78, 5) is 41.0. The number of methoxy groups -OCH3 is 2. The molecule has 1 unspecified atom stereocenters. The third kappa shape index (κ3) is 7.92. The molecule has 1 aromatic rings. The molecular weight excluding hydrogens is 520 g/mol. The second-order valence-electron chi connectivity index (χ2n) is 12.6. The summed E-state index contributed by atoms with van der Waals surface area (Å²) in [5.41, 5.74) is 4.74. The molecule has 1 N–H and O–H groups in total. The number of benzene rings is 1. The third-order valence-electron chi connectivity index (χ3n) is 7.85. The van der Waals surface area contributed by atoms with E-state index in [1.807, 2.05) is 52.0 Å². The zero-order valence-corrected chi connectivity index (χ0v) is 26.3. The molecule has 226 valence electrons. The van der Waals surface area contributed by atoms with Crippen molar-refractivity contribution in [1.82, 2.24) is 10.2 Å². The van der Waals surface area contributed by atoms with E-state index in [2.05, 4.69) is 31.0 Å². The second kappa shape index (κ2) is 13.6. The molecule has 1 aliphatic heterocycles. The monoisotopic (exact) mass is 568 g/mol. The zero-order valence-electron chi connectivity index (χ0n) is 26.3. The van der Waals surface area contributed by atoms with Gasteiger partial charge >= 0.3 is 18.0 Å². The number of hydrogen-bond acceptors (Lipinski definition) is 7. The lowest BCUT2D eigenvalue weighted by Gasteiger charge is -2.47. The van der Waals surface area contributed by atoms with Crippen molar-refractivity contribution in [2.75, 3.05) is 20.8 Å². The highest BCUT2D eigenvalue weighted by Crippen LogP contribution is 2.44. The predicted octanol–water partition coefficient (Wildman–Crippen LogP) is 6.18. The van der Waals surface area contributed by atoms with Crippen LogP contribution in [0, 0.1) is 18.8 Å². The average molecular weight is 569 g/mol. The Morgan fingerprint density at radius 1 is 1.00 bits per heavy atom. The van der Waals surface area contributed by atoms with Crippen molar-refractivity contribution in [3.63, 3.8) is 0 Å². The van der Waals surface area contributed by atoms with Crippen LogP contribution in [0.5, 0.6) is 0 Å². The van der Waals surface area contributed by atoms with Gasteiger partial charge in [0.25, 0.3) is 0 Å². The van der Waals surface area contributed by atoms with Gasteiger partial charge in [0, 0.05) is 23.9 Å². The van der Waals surface area contributed by atoms with Gasteiger partial charge in [0.15, 0.2) is 0 Å². The molecule has 1 aromatic carbocycles. The fourth-order valence-corrected chi connectivity index (χ4v) is 6.05. The Balaban J connectivity index is 2.19. The number of alkyl carbamates (subject to hydrolysis) is 1. The summed E-state index contributed by atoms with van der Waals surface area (Å²) in [6, 6.07) is 7.97. The molecule has 1 fully saturated rings. The summed E-state index contributed by atoms with van der Waals surface area (Å²) in [6.45, 7) is 14.1. The number of amides is 1.